The molecule has 0 saturated carbocycles. The lowest BCUT2D eigenvalue weighted by atomic mass is 9.67. The molecule has 0 radical (unpaired) electrons. The van der Waals surface area contributed by atoms with Gasteiger partial charge in [0.2, 0.25) is 0 Å². The molecular formula is C49H30N2S. The first-order chi connectivity index (χ1) is 25.8. The molecule has 2 aromatic heterocycles. The highest BCUT2D eigenvalue weighted by atomic mass is 32.2. The second-order valence-electron chi connectivity index (χ2n) is 14.1. The molecule has 1 aliphatic heterocycles. The molecule has 8 aromatic carbocycles. The molecule has 0 amide bonds. The summed E-state index contributed by atoms with van der Waals surface area (Å²) in [6, 6.07) is 67.7. The minimum Gasteiger partial charge on any atom is -0.309 e. The van der Waals surface area contributed by atoms with E-state index < -0.39 is 5.41 Å². The maximum Gasteiger partial charge on any atom is 0.0736 e. The first-order valence-corrected chi connectivity index (χ1v) is 18.8. The van der Waals surface area contributed by atoms with Crippen molar-refractivity contribution in [3.63, 3.8) is 0 Å². The molecular weight excluding hydrogens is 649 g/mol. The van der Waals surface area contributed by atoms with Crippen LogP contribution in [0.3, 0.4) is 0 Å². The summed E-state index contributed by atoms with van der Waals surface area (Å²) in [6.45, 7) is 0. The molecule has 2 nitrogen and oxygen atoms in total. The average Bonchev–Trinajstić information content (AvgIpc) is 3.80. The molecule has 0 bridgehead atoms. The summed E-state index contributed by atoms with van der Waals surface area (Å²) in [5, 5.41) is 5.07. The van der Waals surface area contributed by atoms with Crippen LogP contribution in [0.1, 0.15) is 22.3 Å². The first kappa shape index (κ1) is 28.4. The highest BCUT2D eigenvalue weighted by Crippen LogP contribution is 2.62. The van der Waals surface area contributed by atoms with E-state index in [2.05, 4.69) is 191 Å². The zero-order valence-corrected chi connectivity index (χ0v) is 28.9. The monoisotopic (exact) mass is 678 g/mol. The summed E-state index contributed by atoms with van der Waals surface area (Å²) in [5.74, 6) is 0. The van der Waals surface area contributed by atoms with E-state index in [4.69, 9.17) is 0 Å². The number of fused-ring (bicyclic) bond motifs is 15. The summed E-state index contributed by atoms with van der Waals surface area (Å²) in [7, 11) is 0. The Kier molecular flexibility index (Phi) is 5.67. The Labute approximate surface area is 305 Å². The van der Waals surface area contributed by atoms with E-state index in [9.17, 15) is 0 Å². The predicted octanol–water partition coefficient (Wildman–Crippen LogP) is 12.7. The van der Waals surface area contributed by atoms with E-state index in [-0.39, 0.29) is 0 Å². The average molecular weight is 679 g/mol. The summed E-state index contributed by atoms with van der Waals surface area (Å²) < 4.78 is 4.93. The van der Waals surface area contributed by atoms with Crippen molar-refractivity contribution in [3.8, 4) is 22.5 Å². The van der Waals surface area contributed by atoms with Gasteiger partial charge in [0.15, 0.2) is 0 Å². The molecule has 3 heterocycles. The van der Waals surface area contributed by atoms with Gasteiger partial charge in [0.1, 0.15) is 0 Å². The Morgan fingerprint density at radius 3 is 1.52 bits per heavy atom. The molecule has 0 saturated heterocycles. The van der Waals surface area contributed by atoms with Crippen molar-refractivity contribution in [2.75, 3.05) is 0 Å². The molecule has 0 fully saturated rings. The summed E-state index contributed by atoms with van der Waals surface area (Å²) in [4.78, 5) is 2.65. The van der Waals surface area contributed by atoms with Gasteiger partial charge >= 0.3 is 0 Å². The number of hydrogen-bond donors (Lipinski definition) is 0. The van der Waals surface area contributed by atoms with Crippen molar-refractivity contribution in [2.24, 2.45) is 0 Å². The van der Waals surface area contributed by atoms with E-state index in [0.717, 1.165) is 5.69 Å². The number of hydrogen-bond acceptors (Lipinski definition) is 1. The number of aromatic nitrogens is 2. The van der Waals surface area contributed by atoms with Gasteiger partial charge in [0, 0.05) is 42.7 Å². The van der Waals surface area contributed by atoms with Crippen molar-refractivity contribution < 1.29 is 0 Å². The number of nitrogens with zero attached hydrogens (tertiary/aromatic N) is 2. The van der Waals surface area contributed by atoms with E-state index in [1.165, 1.54) is 92.5 Å². The van der Waals surface area contributed by atoms with Crippen molar-refractivity contribution in [1.82, 2.24) is 9.13 Å². The molecule has 1 spiro atoms. The normalized spacial score (nSPS) is 13.8. The Balaban J connectivity index is 1.27. The Morgan fingerprint density at radius 2 is 0.827 bits per heavy atom. The number of rotatable bonds is 2. The zero-order valence-electron chi connectivity index (χ0n) is 28.1. The fourth-order valence-corrected chi connectivity index (χ4v) is 10.7. The van der Waals surface area contributed by atoms with Gasteiger partial charge in [-0.25, -0.2) is 0 Å². The largest absolute Gasteiger partial charge is 0.309 e. The predicted molar refractivity (Wildman–Crippen MR) is 217 cm³/mol. The van der Waals surface area contributed by atoms with Gasteiger partial charge in [0.25, 0.3) is 0 Å². The molecule has 242 valence electrons. The molecule has 0 atom stereocenters. The lowest BCUT2D eigenvalue weighted by Crippen LogP contribution is -2.31. The van der Waals surface area contributed by atoms with Gasteiger partial charge in [-0.1, -0.05) is 127 Å². The topological polar surface area (TPSA) is 9.86 Å². The first-order valence-electron chi connectivity index (χ1n) is 17.9. The quantitative estimate of drug-likeness (QED) is 0.177. The molecule has 10 aromatic rings. The highest BCUT2D eigenvalue weighted by molar-refractivity contribution is 7.99. The molecule has 12 rings (SSSR count). The van der Waals surface area contributed by atoms with Crippen molar-refractivity contribution in [3.05, 3.63) is 204 Å². The van der Waals surface area contributed by atoms with Gasteiger partial charge in [0.05, 0.1) is 27.5 Å². The van der Waals surface area contributed by atoms with Gasteiger partial charge in [-0.15, -0.1) is 0 Å². The maximum absolute atomic E-state index is 2.54. The number of para-hydroxylation sites is 3. The SMILES string of the molecule is c1ccc(-n2c3ccccc3c3cc4c5cc6c(cc5n(-c5ccccc5)c4cc32)C2(c3ccccc3Sc3ccccc32)c2ccccc2-6)cc1. The van der Waals surface area contributed by atoms with Crippen LogP contribution in [0.4, 0.5) is 0 Å². The van der Waals surface area contributed by atoms with Crippen LogP contribution in [-0.4, -0.2) is 9.13 Å². The second-order valence-corrected chi connectivity index (χ2v) is 15.1. The lowest BCUT2D eigenvalue weighted by molar-refractivity contribution is 0.723. The van der Waals surface area contributed by atoms with Gasteiger partial charge in [-0.3, -0.25) is 0 Å². The maximum atomic E-state index is 2.54. The Morgan fingerprint density at radius 1 is 0.327 bits per heavy atom. The van der Waals surface area contributed by atoms with Crippen molar-refractivity contribution >= 4 is 55.4 Å². The standard InChI is InChI=1S/C49H30N2S/c1-3-15-31(16-4-1)50-43-24-12-8-20-34(43)36-28-38-37-27-35-33-19-7-9-21-39(33)49(40-22-10-13-25-47(40)52-48-26-14-11-23-41(48)49)42(35)29-44(37)51(46(38)30-45(36)50)32-17-5-2-6-18-32/h1-30H. The summed E-state index contributed by atoms with van der Waals surface area (Å²) in [5.41, 5.74) is 14.8. The van der Waals surface area contributed by atoms with Crippen LogP contribution in [0.25, 0.3) is 66.1 Å². The smallest absolute Gasteiger partial charge is 0.0736 e. The van der Waals surface area contributed by atoms with E-state index in [1.54, 1.807) is 0 Å². The second kappa shape index (κ2) is 10.4. The van der Waals surface area contributed by atoms with Crippen LogP contribution in [0.5, 0.6) is 0 Å². The van der Waals surface area contributed by atoms with E-state index in [1.807, 2.05) is 11.8 Å². The van der Waals surface area contributed by atoms with E-state index >= 15 is 0 Å². The van der Waals surface area contributed by atoms with Gasteiger partial charge in [-0.2, -0.15) is 0 Å². The van der Waals surface area contributed by atoms with Crippen LogP contribution < -0.4 is 0 Å². The number of benzene rings is 8. The van der Waals surface area contributed by atoms with Gasteiger partial charge < -0.3 is 9.13 Å². The summed E-state index contributed by atoms with van der Waals surface area (Å²) >= 11 is 1.90. The zero-order chi connectivity index (χ0) is 34.0. The third-order valence-electron chi connectivity index (χ3n) is 11.6. The third kappa shape index (κ3) is 3.56. The molecule has 52 heavy (non-hydrogen) atoms. The Bertz CT molecular complexity index is 3050. The summed E-state index contributed by atoms with van der Waals surface area (Å²) in [6.07, 6.45) is 0. The minimum atomic E-state index is -0.429. The molecule has 0 N–H and O–H groups in total. The van der Waals surface area contributed by atoms with Gasteiger partial charge in [-0.05, 0) is 100 Å². The van der Waals surface area contributed by atoms with Crippen LogP contribution in [0.2, 0.25) is 0 Å². The molecule has 2 aliphatic rings. The van der Waals surface area contributed by atoms with E-state index in [0.29, 0.717) is 0 Å². The lowest BCUT2D eigenvalue weighted by Gasteiger charge is -2.39. The van der Waals surface area contributed by atoms with Crippen LogP contribution >= 0.6 is 11.8 Å². The minimum absolute atomic E-state index is 0.429. The van der Waals surface area contributed by atoms with Crippen molar-refractivity contribution in [1.29, 1.82) is 0 Å². The fourth-order valence-electron chi connectivity index (χ4n) is 9.53. The molecule has 0 unspecified atom stereocenters. The Hall–Kier alpha value is -6.29. The molecule has 3 heteroatoms. The highest BCUT2D eigenvalue weighted by Gasteiger charge is 2.50. The van der Waals surface area contributed by atoms with Crippen LogP contribution in [0.15, 0.2) is 192 Å². The fraction of sp³-hybridized carbons (Fsp3) is 0.0204. The molecule has 1 aliphatic carbocycles. The van der Waals surface area contributed by atoms with Crippen molar-refractivity contribution in [2.45, 2.75) is 15.2 Å². The van der Waals surface area contributed by atoms with Crippen LogP contribution in [0, 0.1) is 0 Å². The van der Waals surface area contributed by atoms with Crippen LogP contribution in [-0.2, 0) is 5.41 Å². The third-order valence-corrected chi connectivity index (χ3v) is 12.7.